The molecule has 0 fully saturated rings. The summed E-state index contributed by atoms with van der Waals surface area (Å²) in [6.45, 7) is 4.31. The van der Waals surface area contributed by atoms with Gasteiger partial charge in [0.25, 0.3) is 0 Å². The Bertz CT molecular complexity index is 249. The molecule has 0 saturated carbocycles. The number of hydrogen-bond acceptors (Lipinski definition) is 0. The van der Waals surface area contributed by atoms with E-state index in [0.717, 1.165) is 12.8 Å². The molecule has 0 aromatic carbocycles. The lowest BCUT2D eigenvalue weighted by Crippen LogP contribution is -1.58. The fourth-order valence-electron chi connectivity index (χ4n) is 0.941. The van der Waals surface area contributed by atoms with Crippen LogP contribution in [-0.4, -0.2) is 0 Å². The van der Waals surface area contributed by atoms with Crippen molar-refractivity contribution in [3.63, 3.8) is 0 Å². The molecule has 15 heavy (non-hydrogen) atoms. The second-order valence-corrected chi connectivity index (χ2v) is 3.21. The molecular weight excluding hydrogens is 180 g/mol. The second-order valence-electron chi connectivity index (χ2n) is 3.21. The van der Waals surface area contributed by atoms with Gasteiger partial charge in [-0.25, -0.2) is 0 Å². The highest BCUT2D eigenvalue weighted by atomic mass is 13.8. The quantitative estimate of drug-likeness (QED) is 0.511. The van der Waals surface area contributed by atoms with Gasteiger partial charge in [0.2, 0.25) is 0 Å². The van der Waals surface area contributed by atoms with Gasteiger partial charge in [0.15, 0.2) is 0 Å². The van der Waals surface area contributed by atoms with Gasteiger partial charge in [-0.1, -0.05) is 81.0 Å². The van der Waals surface area contributed by atoms with E-state index in [1.54, 1.807) is 0 Å². The van der Waals surface area contributed by atoms with E-state index in [2.05, 4.69) is 44.2 Å². The van der Waals surface area contributed by atoms with Crippen LogP contribution in [0.2, 0.25) is 0 Å². The van der Waals surface area contributed by atoms with Crippen LogP contribution in [0.5, 0.6) is 0 Å². The van der Waals surface area contributed by atoms with E-state index < -0.39 is 0 Å². The van der Waals surface area contributed by atoms with E-state index in [1.807, 2.05) is 30.4 Å². The fourth-order valence-corrected chi connectivity index (χ4v) is 0.941. The first-order chi connectivity index (χ1) is 7.41. The number of allylic oxidation sites excluding steroid dienone is 10. The number of rotatable bonds is 7. The molecule has 0 saturated heterocycles. The maximum absolute atomic E-state index is 2.18. The minimum absolute atomic E-state index is 1.09. The van der Waals surface area contributed by atoms with Gasteiger partial charge < -0.3 is 0 Å². The third-order valence-corrected chi connectivity index (χ3v) is 1.74. The summed E-state index contributed by atoms with van der Waals surface area (Å²) in [5.41, 5.74) is 0. The average Bonchev–Trinajstić information content (AvgIpc) is 2.26. The van der Waals surface area contributed by atoms with Gasteiger partial charge in [-0.3, -0.25) is 0 Å². The molecule has 0 aromatic heterocycles. The Morgan fingerprint density at radius 2 is 1.07 bits per heavy atom. The number of unbranched alkanes of at least 4 members (excludes halogenated alkanes) is 1. The van der Waals surface area contributed by atoms with E-state index in [0.29, 0.717) is 0 Å². The second kappa shape index (κ2) is 12.7. The Labute approximate surface area is 94.4 Å². The summed E-state index contributed by atoms with van der Waals surface area (Å²) in [6, 6.07) is 0. The van der Waals surface area contributed by atoms with Crippen LogP contribution in [0, 0.1) is 0 Å². The maximum Gasteiger partial charge on any atom is -0.0350 e. The van der Waals surface area contributed by atoms with Crippen LogP contribution in [0.4, 0.5) is 0 Å². The lowest BCUT2D eigenvalue weighted by molar-refractivity contribution is 0.959. The maximum atomic E-state index is 2.18. The first-order valence-corrected chi connectivity index (χ1v) is 5.73. The number of hydrogen-bond donors (Lipinski definition) is 0. The van der Waals surface area contributed by atoms with Gasteiger partial charge in [0.1, 0.15) is 0 Å². The van der Waals surface area contributed by atoms with Gasteiger partial charge in [0, 0.05) is 0 Å². The minimum atomic E-state index is 1.09. The Kier molecular flexibility index (Phi) is 11.6. The minimum Gasteiger partial charge on any atom is -0.0848 e. The largest absolute Gasteiger partial charge is 0.0848 e. The Hall–Kier alpha value is -1.30. The monoisotopic (exact) mass is 202 g/mol. The van der Waals surface area contributed by atoms with E-state index in [-0.39, 0.29) is 0 Å². The summed E-state index contributed by atoms with van der Waals surface area (Å²) in [6.07, 6.45) is 24.2. The summed E-state index contributed by atoms with van der Waals surface area (Å²) < 4.78 is 0. The van der Waals surface area contributed by atoms with E-state index in [4.69, 9.17) is 0 Å². The van der Waals surface area contributed by atoms with Gasteiger partial charge in [-0.2, -0.15) is 0 Å². The summed E-state index contributed by atoms with van der Waals surface area (Å²) in [5, 5.41) is 0. The van der Waals surface area contributed by atoms with Gasteiger partial charge >= 0.3 is 0 Å². The molecule has 0 bridgehead atoms. The normalized spacial score (nSPS) is 13.5. The Morgan fingerprint density at radius 3 is 1.53 bits per heavy atom. The molecule has 0 heterocycles. The van der Waals surface area contributed by atoms with Crippen molar-refractivity contribution in [3.8, 4) is 0 Å². The summed E-state index contributed by atoms with van der Waals surface area (Å²) in [7, 11) is 0. The third kappa shape index (κ3) is 12.7. The molecule has 0 atom stereocenters. The van der Waals surface area contributed by atoms with Crippen LogP contribution in [0.15, 0.2) is 60.8 Å². The lowest BCUT2D eigenvalue weighted by Gasteiger charge is -1.79. The Morgan fingerprint density at radius 1 is 0.600 bits per heavy atom. The van der Waals surface area contributed by atoms with Crippen LogP contribution < -0.4 is 0 Å². The zero-order valence-corrected chi connectivity index (χ0v) is 9.89. The molecule has 0 aliphatic carbocycles. The SMILES string of the molecule is CCC=CC=CC=CC=CC=CCCC. The average molecular weight is 202 g/mol. The van der Waals surface area contributed by atoms with Crippen LogP contribution in [-0.2, 0) is 0 Å². The van der Waals surface area contributed by atoms with Crippen molar-refractivity contribution in [2.45, 2.75) is 33.1 Å². The molecule has 0 radical (unpaired) electrons. The predicted octanol–water partition coefficient (Wildman–Crippen LogP) is 4.98. The summed E-state index contributed by atoms with van der Waals surface area (Å²) in [4.78, 5) is 0. The van der Waals surface area contributed by atoms with Crippen molar-refractivity contribution in [1.82, 2.24) is 0 Å². The molecule has 0 nitrogen and oxygen atoms in total. The standard InChI is InChI=1S/C15H22/c1-3-5-7-9-11-13-15-14-12-10-8-6-4-2/h5,7-15H,3-4,6H2,1-2H3. The molecule has 0 rings (SSSR count). The highest BCUT2D eigenvalue weighted by Gasteiger charge is 1.68. The molecule has 0 aliphatic rings. The molecule has 0 N–H and O–H groups in total. The van der Waals surface area contributed by atoms with Gasteiger partial charge in [-0.15, -0.1) is 0 Å². The van der Waals surface area contributed by atoms with Crippen molar-refractivity contribution in [1.29, 1.82) is 0 Å². The summed E-state index contributed by atoms with van der Waals surface area (Å²) in [5.74, 6) is 0. The molecule has 82 valence electrons. The zero-order valence-electron chi connectivity index (χ0n) is 9.89. The Balaban J connectivity index is 3.61. The van der Waals surface area contributed by atoms with Crippen LogP contribution in [0.1, 0.15) is 33.1 Å². The molecule has 0 amide bonds. The molecule has 0 heteroatoms. The van der Waals surface area contributed by atoms with Crippen molar-refractivity contribution in [2.75, 3.05) is 0 Å². The van der Waals surface area contributed by atoms with Crippen LogP contribution in [0.3, 0.4) is 0 Å². The van der Waals surface area contributed by atoms with Crippen molar-refractivity contribution >= 4 is 0 Å². The smallest absolute Gasteiger partial charge is 0.0350 e. The topological polar surface area (TPSA) is 0 Å². The van der Waals surface area contributed by atoms with Gasteiger partial charge in [0.05, 0.1) is 0 Å². The van der Waals surface area contributed by atoms with Crippen molar-refractivity contribution in [2.24, 2.45) is 0 Å². The van der Waals surface area contributed by atoms with Crippen molar-refractivity contribution < 1.29 is 0 Å². The first-order valence-electron chi connectivity index (χ1n) is 5.73. The first kappa shape index (κ1) is 13.7. The van der Waals surface area contributed by atoms with E-state index in [9.17, 15) is 0 Å². The molecule has 0 unspecified atom stereocenters. The fraction of sp³-hybridized carbons (Fsp3) is 0.333. The van der Waals surface area contributed by atoms with Gasteiger partial charge in [-0.05, 0) is 12.8 Å². The van der Waals surface area contributed by atoms with E-state index >= 15 is 0 Å². The highest BCUT2D eigenvalue weighted by Crippen LogP contribution is 1.89. The third-order valence-electron chi connectivity index (χ3n) is 1.74. The molecule has 0 aromatic rings. The molecule has 0 aliphatic heterocycles. The predicted molar refractivity (Wildman–Crippen MR) is 70.9 cm³/mol. The molecular formula is C15H22. The van der Waals surface area contributed by atoms with E-state index in [1.165, 1.54) is 6.42 Å². The van der Waals surface area contributed by atoms with Crippen molar-refractivity contribution in [3.05, 3.63) is 60.8 Å². The lowest BCUT2D eigenvalue weighted by atomic mass is 10.3. The highest BCUT2D eigenvalue weighted by molar-refractivity contribution is 5.17. The van der Waals surface area contributed by atoms with Crippen LogP contribution in [0.25, 0.3) is 0 Å². The molecule has 0 spiro atoms. The van der Waals surface area contributed by atoms with Crippen LogP contribution >= 0.6 is 0 Å². The zero-order chi connectivity index (χ0) is 11.2. The summed E-state index contributed by atoms with van der Waals surface area (Å²) >= 11 is 0.